The summed E-state index contributed by atoms with van der Waals surface area (Å²) in [5.41, 5.74) is 0. The highest BCUT2D eigenvalue weighted by molar-refractivity contribution is 5.93. The summed E-state index contributed by atoms with van der Waals surface area (Å²) in [6.07, 6.45) is 0. The van der Waals surface area contributed by atoms with Crippen LogP contribution in [-0.2, 0) is 28.4 Å². The van der Waals surface area contributed by atoms with E-state index in [1.807, 2.05) is 72.8 Å². The van der Waals surface area contributed by atoms with E-state index in [1.165, 1.54) is 0 Å². The lowest BCUT2D eigenvalue weighted by Crippen LogP contribution is -2.14. The predicted octanol–water partition coefficient (Wildman–Crippen LogP) is 5.32. The van der Waals surface area contributed by atoms with Crippen molar-refractivity contribution < 1.29 is 47.4 Å². The normalized spacial score (nSPS) is 18.1. The molecular weight excluding hydrogens is 592 g/mol. The van der Waals surface area contributed by atoms with E-state index >= 15 is 0 Å². The van der Waals surface area contributed by atoms with Gasteiger partial charge < -0.3 is 47.4 Å². The van der Waals surface area contributed by atoms with Gasteiger partial charge in [-0.1, -0.05) is 36.4 Å². The average molecular weight is 637 g/mol. The number of ether oxygens (including phenoxy) is 10. The first kappa shape index (κ1) is 33.7. The number of fused-ring (bicyclic) bond motifs is 26. The maximum atomic E-state index is 6.02. The van der Waals surface area contributed by atoms with Crippen molar-refractivity contribution in [3.63, 3.8) is 0 Å². The molecule has 6 rings (SSSR count). The monoisotopic (exact) mass is 636 g/mol. The summed E-state index contributed by atoms with van der Waals surface area (Å²) in [6, 6.07) is 23.9. The Balaban J connectivity index is 1.07. The van der Waals surface area contributed by atoms with Gasteiger partial charge in [-0.15, -0.1) is 0 Å². The van der Waals surface area contributed by atoms with Crippen molar-refractivity contribution in [1.29, 1.82) is 0 Å². The zero-order chi connectivity index (χ0) is 31.5. The predicted molar refractivity (Wildman–Crippen MR) is 175 cm³/mol. The largest absolute Gasteiger partial charge is 0.491 e. The summed E-state index contributed by atoms with van der Waals surface area (Å²) >= 11 is 0. The number of hydrogen-bond acceptors (Lipinski definition) is 10. The van der Waals surface area contributed by atoms with Crippen LogP contribution in [0, 0.1) is 0 Å². The molecule has 0 saturated carbocycles. The van der Waals surface area contributed by atoms with E-state index in [4.69, 9.17) is 47.4 Å². The van der Waals surface area contributed by atoms with Crippen molar-refractivity contribution in [3.8, 4) is 23.0 Å². The molecule has 0 aliphatic carbocycles. The Morgan fingerprint density at radius 3 is 1.00 bits per heavy atom. The van der Waals surface area contributed by atoms with E-state index in [2.05, 4.69) is 0 Å². The fraction of sp³-hybridized carbons (Fsp3) is 0.444. The van der Waals surface area contributed by atoms with Crippen molar-refractivity contribution in [2.45, 2.75) is 0 Å². The van der Waals surface area contributed by atoms with Crippen LogP contribution in [0.3, 0.4) is 0 Å². The molecule has 0 fully saturated rings. The van der Waals surface area contributed by atoms with E-state index in [0.29, 0.717) is 106 Å². The van der Waals surface area contributed by atoms with Crippen molar-refractivity contribution >= 4 is 21.5 Å². The molecule has 0 aromatic heterocycles. The molecule has 10 nitrogen and oxygen atoms in total. The Bertz CT molecular complexity index is 1340. The van der Waals surface area contributed by atoms with Gasteiger partial charge in [0.2, 0.25) is 0 Å². The number of rotatable bonds is 0. The molecule has 2 heterocycles. The average Bonchev–Trinajstić information content (AvgIpc) is 3.08. The summed E-state index contributed by atoms with van der Waals surface area (Å²) in [6.45, 7) is 7.58. The molecule has 46 heavy (non-hydrogen) atoms. The molecule has 0 radical (unpaired) electrons. The third kappa shape index (κ3) is 11.3. The minimum Gasteiger partial charge on any atom is -0.491 e. The van der Waals surface area contributed by atoms with Crippen LogP contribution < -0.4 is 18.9 Å². The van der Waals surface area contributed by atoms with Crippen molar-refractivity contribution in [2.24, 2.45) is 0 Å². The molecule has 0 spiro atoms. The van der Waals surface area contributed by atoms with Crippen LogP contribution in [-0.4, -0.2) is 106 Å². The van der Waals surface area contributed by atoms with E-state index in [0.717, 1.165) is 44.5 Å². The second-order valence-electron chi connectivity index (χ2n) is 10.3. The molecule has 0 N–H and O–H groups in total. The van der Waals surface area contributed by atoms with Crippen LogP contribution >= 0.6 is 0 Å². The lowest BCUT2D eigenvalue weighted by atomic mass is 10.1. The van der Waals surface area contributed by atoms with Gasteiger partial charge >= 0.3 is 0 Å². The summed E-state index contributed by atoms with van der Waals surface area (Å²) in [5.74, 6) is 3.17. The fourth-order valence-electron chi connectivity index (χ4n) is 4.83. The zero-order valence-electron chi connectivity index (χ0n) is 26.3. The molecule has 0 amide bonds. The topological polar surface area (TPSA) is 92.3 Å². The molecule has 0 atom stereocenters. The highest BCUT2D eigenvalue weighted by atomic mass is 16.6. The second-order valence-corrected chi connectivity index (χ2v) is 10.3. The van der Waals surface area contributed by atoms with E-state index < -0.39 is 0 Å². The van der Waals surface area contributed by atoms with Crippen LogP contribution in [0.15, 0.2) is 72.8 Å². The third-order valence-electron chi connectivity index (χ3n) is 7.08. The van der Waals surface area contributed by atoms with Crippen LogP contribution in [0.2, 0.25) is 0 Å². The summed E-state index contributed by atoms with van der Waals surface area (Å²) in [4.78, 5) is 0. The smallest absolute Gasteiger partial charge is 0.127 e. The SMILES string of the molecule is c1cc2c3cccc(c3c1)OCCOCCOCCOCCOc1ccc3cc(ccc3c1)OCCOCCOCCOCCO2. The Hall–Kier alpha value is -3.64. The number of hydrogen-bond donors (Lipinski definition) is 0. The minimum atomic E-state index is 0.433. The molecule has 2 aliphatic rings. The van der Waals surface area contributed by atoms with Gasteiger partial charge in [0.1, 0.15) is 49.4 Å². The molecular formula is C36H44O10. The van der Waals surface area contributed by atoms with Gasteiger partial charge in [0.25, 0.3) is 0 Å². The van der Waals surface area contributed by atoms with E-state index in [-0.39, 0.29) is 0 Å². The van der Waals surface area contributed by atoms with Crippen molar-refractivity contribution in [3.05, 3.63) is 72.8 Å². The lowest BCUT2D eigenvalue weighted by molar-refractivity contribution is 0.00499. The van der Waals surface area contributed by atoms with Crippen LogP contribution in [0.5, 0.6) is 23.0 Å². The van der Waals surface area contributed by atoms with E-state index in [9.17, 15) is 0 Å². The van der Waals surface area contributed by atoms with Gasteiger partial charge in [-0.2, -0.15) is 0 Å². The first-order chi connectivity index (χ1) is 22.9. The van der Waals surface area contributed by atoms with Crippen molar-refractivity contribution in [1.82, 2.24) is 0 Å². The lowest BCUT2D eigenvalue weighted by Gasteiger charge is -2.13. The highest BCUT2D eigenvalue weighted by Gasteiger charge is 2.08. The summed E-state index contributed by atoms with van der Waals surface area (Å²) < 4.78 is 57.6. The fourth-order valence-corrected chi connectivity index (χ4v) is 4.83. The Morgan fingerprint density at radius 1 is 0.304 bits per heavy atom. The maximum absolute atomic E-state index is 6.02. The van der Waals surface area contributed by atoms with Crippen LogP contribution in [0.4, 0.5) is 0 Å². The minimum absolute atomic E-state index is 0.433. The van der Waals surface area contributed by atoms with Gasteiger partial charge in [-0.3, -0.25) is 0 Å². The maximum Gasteiger partial charge on any atom is 0.127 e. The van der Waals surface area contributed by atoms with Crippen molar-refractivity contribution in [2.75, 3.05) is 106 Å². The van der Waals surface area contributed by atoms with Crippen LogP contribution in [0.25, 0.3) is 21.5 Å². The molecule has 4 aromatic rings. The summed E-state index contributed by atoms with van der Waals surface area (Å²) in [5, 5.41) is 4.13. The van der Waals surface area contributed by atoms with Gasteiger partial charge in [-0.05, 0) is 47.2 Å². The van der Waals surface area contributed by atoms with Crippen LogP contribution in [0.1, 0.15) is 0 Å². The number of benzene rings is 4. The molecule has 2 aliphatic heterocycles. The Kier molecular flexibility index (Phi) is 14.5. The first-order valence-corrected chi connectivity index (χ1v) is 15.9. The molecule has 4 aromatic carbocycles. The molecule has 10 heteroatoms. The van der Waals surface area contributed by atoms with Gasteiger partial charge in [0.05, 0.1) is 79.3 Å². The Morgan fingerprint density at radius 2 is 0.630 bits per heavy atom. The molecule has 248 valence electrons. The second kappa shape index (κ2) is 19.8. The van der Waals surface area contributed by atoms with Gasteiger partial charge in [-0.25, -0.2) is 0 Å². The highest BCUT2D eigenvalue weighted by Crippen LogP contribution is 2.32. The quantitative estimate of drug-likeness (QED) is 0.236. The summed E-state index contributed by atoms with van der Waals surface area (Å²) in [7, 11) is 0. The molecule has 8 bridgehead atoms. The standard InChI is InChI=1S/C36H44O10/c1-3-33-34-4-2-6-36(33)46-26-22-42-18-14-38-12-16-40-20-24-44-32-10-8-29-27-31(9-7-30(29)28-32)43-23-19-39-15-11-37-13-17-41-21-25-45-35(34)5-1/h1-10,27-28H,11-26H2. The zero-order valence-corrected chi connectivity index (χ0v) is 26.3. The Labute approximate surface area is 270 Å². The molecule has 0 saturated heterocycles. The molecule has 0 unspecified atom stereocenters. The third-order valence-corrected chi connectivity index (χ3v) is 7.08. The van der Waals surface area contributed by atoms with Gasteiger partial charge in [0, 0.05) is 10.8 Å². The van der Waals surface area contributed by atoms with E-state index in [1.54, 1.807) is 0 Å². The first-order valence-electron chi connectivity index (χ1n) is 15.9. The van der Waals surface area contributed by atoms with Gasteiger partial charge in [0.15, 0.2) is 0 Å².